The molecule has 20 heavy (non-hydrogen) atoms. The van der Waals surface area contributed by atoms with Crippen LogP contribution >= 0.6 is 0 Å². The number of piperazine rings is 1. The SMILES string of the molecule is CCC1C(=O)NC(C)(C)C(=O)N1C1CCCC(OC)C1. The Labute approximate surface area is 121 Å². The van der Waals surface area contributed by atoms with Crippen molar-refractivity contribution >= 4 is 11.8 Å². The van der Waals surface area contributed by atoms with Gasteiger partial charge in [-0.25, -0.2) is 0 Å². The standard InChI is InChI=1S/C15H26N2O3/c1-5-12-13(18)16-15(2,3)14(19)17(12)10-7-6-8-11(9-10)20-4/h10-12H,5-9H2,1-4H3,(H,16,18). The molecule has 3 unspecified atom stereocenters. The molecule has 0 bridgehead atoms. The molecule has 1 N–H and O–H groups in total. The Morgan fingerprint density at radius 2 is 2.05 bits per heavy atom. The lowest BCUT2D eigenvalue weighted by Crippen LogP contribution is -2.70. The van der Waals surface area contributed by atoms with E-state index in [1.165, 1.54) is 0 Å². The molecule has 1 saturated carbocycles. The summed E-state index contributed by atoms with van der Waals surface area (Å²) >= 11 is 0. The zero-order chi connectivity index (χ0) is 14.9. The second-order valence-corrected chi connectivity index (χ2v) is 6.43. The van der Waals surface area contributed by atoms with Crippen molar-refractivity contribution in [2.75, 3.05) is 7.11 Å². The van der Waals surface area contributed by atoms with Gasteiger partial charge < -0.3 is 15.0 Å². The van der Waals surface area contributed by atoms with Gasteiger partial charge in [0.2, 0.25) is 11.8 Å². The normalized spacial score (nSPS) is 34.0. The van der Waals surface area contributed by atoms with E-state index < -0.39 is 5.54 Å². The molecule has 0 aromatic rings. The number of nitrogens with one attached hydrogen (secondary N) is 1. The summed E-state index contributed by atoms with van der Waals surface area (Å²) in [7, 11) is 1.72. The van der Waals surface area contributed by atoms with Gasteiger partial charge in [0, 0.05) is 13.2 Å². The van der Waals surface area contributed by atoms with Crippen molar-refractivity contribution in [2.24, 2.45) is 0 Å². The molecule has 0 aromatic heterocycles. The molecule has 2 aliphatic rings. The molecule has 1 aliphatic carbocycles. The summed E-state index contributed by atoms with van der Waals surface area (Å²) in [6, 6.07) is -0.215. The van der Waals surface area contributed by atoms with Crippen LogP contribution in [0.2, 0.25) is 0 Å². The van der Waals surface area contributed by atoms with Crippen molar-refractivity contribution in [1.29, 1.82) is 0 Å². The fourth-order valence-corrected chi connectivity index (χ4v) is 3.42. The molecule has 1 saturated heterocycles. The largest absolute Gasteiger partial charge is 0.381 e. The van der Waals surface area contributed by atoms with E-state index in [1.807, 2.05) is 11.8 Å². The Morgan fingerprint density at radius 3 is 2.65 bits per heavy atom. The van der Waals surface area contributed by atoms with Crippen LogP contribution in [0.3, 0.4) is 0 Å². The van der Waals surface area contributed by atoms with Gasteiger partial charge in [-0.3, -0.25) is 9.59 Å². The third-order valence-electron chi connectivity index (χ3n) is 4.56. The summed E-state index contributed by atoms with van der Waals surface area (Å²) in [4.78, 5) is 26.8. The fourth-order valence-electron chi connectivity index (χ4n) is 3.42. The van der Waals surface area contributed by atoms with Crippen molar-refractivity contribution in [3.8, 4) is 0 Å². The van der Waals surface area contributed by atoms with Crippen LogP contribution in [0.15, 0.2) is 0 Å². The van der Waals surface area contributed by atoms with E-state index in [0.717, 1.165) is 25.7 Å². The number of ether oxygens (including phenoxy) is 1. The number of rotatable bonds is 3. The third-order valence-corrected chi connectivity index (χ3v) is 4.56. The van der Waals surface area contributed by atoms with Crippen LogP contribution in [0.4, 0.5) is 0 Å². The number of hydrogen-bond donors (Lipinski definition) is 1. The lowest BCUT2D eigenvalue weighted by Gasteiger charge is -2.48. The van der Waals surface area contributed by atoms with Gasteiger partial charge in [0.1, 0.15) is 11.6 Å². The van der Waals surface area contributed by atoms with Gasteiger partial charge in [0.05, 0.1) is 6.10 Å². The third kappa shape index (κ3) is 2.68. The number of carbonyl (C=O) groups excluding carboxylic acids is 2. The maximum Gasteiger partial charge on any atom is 0.248 e. The minimum Gasteiger partial charge on any atom is -0.381 e. The maximum absolute atomic E-state index is 12.7. The molecule has 1 heterocycles. The van der Waals surface area contributed by atoms with Gasteiger partial charge in [-0.05, 0) is 46.0 Å². The van der Waals surface area contributed by atoms with Crippen molar-refractivity contribution in [1.82, 2.24) is 10.2 Å². The van der Waals surface area contributed by atoms with Gasteiger partial charge in [-0.1, -0.05) is 6.92 Å². The quantitative estimate of drug-likeness (QED) is 0.852. The number of amides is 2. The van der Waals surface area contributed by atoms with Crippen LogP contribution in [-0.4, -0.2) is 47.6 Å². The first-order chi connectivity index (χ1) is 9.40. The molecule has 5 heteroatoms. The minimum atomic E-state index is -0.803. The van der Waals surface area contributed by atoms with Crippen LogP contribution in [0, 0.1) is 0 Å². The van der Waals surface area contributed by atoms with Gasteiger partial charge in [-0.15, -0.1) is 0 Å². The van der Waals surface area contributed by atoms with E-state index >= 15 is 0 Å². The molecule has 2 fully saturated rings. The maximum atomic E-state index is 12.7. The van der Waals surface area contributed by atoms with E-state index in [-0.39, 0.29) is 30.0 Å². The molecule has 0 spiro atoms. The number of methoxy groups -OCH3 is 1. The highest BCUT2D eigenvalue weighted by Crippen LogP contribution is 2.31. The Bertz CT molecular complexity index is 395. The summed E-state index contributed by atoms with van der Waals surface area (Å²) in [5, 5.41) is 2.84. The van der Waals surface area contributed by atoms with Crippen molar-refractivity contribution in [3.05, 3.63) is 0 Å². The topological polar surface area (TPSA) is 58.6 Å². The molecular formula is C15H26N2O3. The predicted molar refractivity (Wildman–Crippen MR) is 76.2 cm³/mol. The summed E-state index contributed by atoms with van der Waals surface area (Å²) in [6.07, 6.45) is 4.74. The average molecular weight is 282 g/mol. The number of hydrogen-bond acceptors (Lipinski definition) is 3. The summed E-state index contributed by atoms with van der Waals surface area (Å²) in [5.41, 5.74) is -0.803. The summed E-state index contributed by atoms with van der Waals surface area (Å²) < 4.78 is 5.46. The molecule has 0 radical (unpaired) electrons. The average Bonchev–Trinajstić information content (AvgIpc) is 2.42. The smallest absolute Gasteiger partial charge is 0.248 e. The van der Waals surface area contributed by atoms with Crippen LogP contribution in [0.25, 0.3) is 0 Å². The first-order valence-corrected chi connectivity index (χ1v) is 7.58. The van der Waals surface area contributed by atoms with Gasteiger partial charge in [-0.2, -0.15) is 0 Å². The second-order valence-electron chi connectivity index (χ2n) is 6.43. The van der Waals surface area contributed by atoms with E-state index in [2.05, 4.69) is 5.32 Å². The van der Waals surface area contributed by atoms with Crippen molar-refractivity contribution in [2.45, 2.75) is 76.6 Å². The minimum absolute atomic E-state index is 0.0309. The zero-order valence-electron chi connectivity index (χ0n) is 12.9. The molecule has 1 aliphatic heterocycles. The predicted octanol–water partition coefficient (Wildman–Crippen LogP) is 1.46. The lowest BCUT2D eigenvalue weighted by atomic mass is 9.87. The van der Waals surface area contributed by atoms with Gasteiger partial charge >= 0.3 is 0 Å². The highest BCUT2D eigenvalue weighted by atomic mass is 16.5. The Kier molecular flexibility index (Phi) is 4.37. The van der Waals surface area contributed by atoms with Crippen LogP contribution < -0.4 is 5.32 Å². The summed E-state index contributed by atoms with van der Waals surface area (Å²) in [5.74, 6) is 0.00217. The molecule has 2 amide bonds. The van der Waals surface area contributed by atoms with Crippen molar-refractivity contribution in [3.63, 3.8) is 0 Å². The lowest BCUT2D eigenvalue weighted by molar-refractivity contribution is -0.158. The Balaban J connectivity index is 2.24. The second kappa shape index (κ2) is 5.72. The first-order valence-electron chi connectivity index (χ1n) is 7.58. The van der Waals surface area contributed by atoms with E-state index in [1.54, 1.807) is 21.0 Å². The monoisotopic (exact) mass is 282 g/mol. The van der Waals surface area contributed by atoms with Crippen LogP contribution in [-0.2, 0) is 14.3 Å². The van der Waals surface area contributed by atoms with Crippen LogP contribution in [0.1, 0.15) is 52.9 Å². The Morgan fingerprint density at radius 1 is 1.35 bits per heavy atom. The van der Waals surface area contributed by atoms with E-state index in [4.69, 9.17) is 4.74 Å². The summed E-state index contributed by atoms with van der Waals surface area (Å²) in [6.45, 7) is 5.52. The van der Waals surface area contributed by atoms with Gasteiger partial charge in [0.15, 0.2) is 0 Å². The highest BCUT2D eigenvalue weighted by Gasteiger charge is 2.47. The molecular weight excluding hydrogens is 256 g/mol. The van der Waals surface area contributed by atoms with Gasteiger partial charge in [0.25, 0.3) is 0 Å². The van der Waals surface area contributed by atoms with E-state index in [9.17, 15) is 9.59 Å². The van der Waals surface area contributed by atoms with Crippen molar-refractivity contribution < 1.29 is 14.3 Å². The molecule has 2 rings (SSSR count). The fraction of sp³-hybridized carbons (Fsp3) is 0.867. The van der Waals surface area contributed by atoms with Crippen LogP contribution in [0.5, 0.6) is 0 Å². The van der Waals surface area contributed by atoms with E-state index in [0.29, 0.717) is 6.42 Å². The Hall–Kier alpha value is -1.10. The molecule has 0 aromatic carbocycles. The molecule has 114 valence electrons. The molecule has 3 atom stereocenters. The number of nitrogens with zero attached hydrogens (tertiary/aromatic N) is 1. The zero-order valence-corrected chi connectivity index (χ0v) is 12.9. The number of carbonyl (C=O) groups is 2. The highest BCUT2D eigenvalue weighted by molar-refractivity contribution is 5.99. The first kappa shape index (κ1) is 15.3. The molecule has 5 nitrogen and oxygen atoms in total.